The SMILES string of the molecule is CC1CCC(C)C(CN)(NCCCC2CC2)C1. The van der Waals surface area contributed by atoms with Gasteiger partial charge in [0.05, 0.1) is 0 Å². The van der Waals surface area contributed by atoms with E-state index in [-0.39, 0.29) is 5.54 Å². The summed E-state index contributed by atoms with van der Waals surface area (Å²) in [5.74, 6) is 2.64. The standard InChI is InChI=1S/C15H30N2/c1-12-5-6-13(2)15(10-12,11-16)17-9-3-4-14-7-8-14/h12-14,17H,3-11,16H2,1-2H3. The predicted octanol–water partition coefficient (Wildman–Crippen LogP) is 2.92. The van der Waals surface area contributed by atoms with Crippen molar-refractivity contribution in [2.45, 2.75) is 64.3 Å². The van der Waals surface area contributed by atoms with E-state index in [1.54, 1.807) is 0 Å². The number of nitrogens with one attached hydrogen (secondary N) is 1. The Morgan fingerprint density at radius 2 is 1.94 bits per heavy atom. The molecule has 2 rings (SSSR count). The molecule has 0 spiro atoms. The van der Waals surface area contributed by atoms with Crippen LogP contribution in [-0.2, 0) is 0 Å². The molecule has 2 aliphatic carbocycles. The molecule has 2 fully saturated rings. The molecular formula is C15H30N2. The van der Waals surface area contributed by atoms with E-state index in [2.05, 4.69) is 19.2 Å². The largest absolute Gasteiger partial charge is 0.329 e. The third-order valence-electron chi connectivity index (χ3n) is 5.08. The van der Waals surface area contributed by atoms with Crippen molar-refractivity contribution >= 4 is 0 Å². The molecule has 0 radical (unpaired) electrons. The highest BCUT2D eigenvalue weighted by Gasteiger charge is 2.38. The first-order chi connectivity index (χ1) is 8.16. The Kier molecular flexibility index (Phi) is 4.48. The second-order valence-electron chi connectivity index (χ2n) is 6.66. The van der Waals surface area contributed by atoms with Crippen molar-refractivity contribution < 1.29 is 0 Å². The Morgan fingerprint density at radius 3 is 2.59 bits per heavy atom. The molecule has 0 aromatic rings. The Morgan fingerprint density at radius 1 is 1.18 bits per heavy atom. The summed E-state index contributed by atoms with van der Waals surface area (Å²) in [5, 5.41) is 3.82. The summed E-state index contributed by atoms with van der Waals surface area (Å²) in [7, 11) is 0. The maximum atomic E-state index is 6.08. The van der Waals surface area contributed by atoms with Crippen molar-refractivity contribution in [3.63, 3.8) is 0 Å². The molecule has 0 amide bonds. The molecule has 2 nitrogen and oxygen atoms in total. The molecule has 0 saturated heterocycles. The first kappa shape index (κ1) is 13.4. The normalized spacial score (nSPS) is 38.3. The summed E-state index contributed by atoms with van der Waals surface area (Å²) < 4.78 is 0. The van der Waals surface area contributed by atoms with Gasteiger partial charge in [0.2, 0.25) is 0 Å². The van der Waals surface area contributed by atoms with E-state index >= 15 is 0 Å². The van der Waals surface area contributed by atoms with Gasteiger partial charge in [-0.25, -0.2) is 0 Å². The Balaban J connectivity index is 1.78. The van der Waals surface area contributed by atoms with E-state index in [9.17, 15) is 0 Å². The third kappa shape index (κ3) is 3.45. The van der Waals surface area contributed by atoms with E-state index in [1.807, 2.05) is 0 Å². The zero-order valence-electron chi connectivity index (χ0n) is 11.7. The summed E-state index contributed by atoms with van der Waals surface area (Å²) in [6.45, 7) is 6.74. The van der Waals surface area contributed by atoms with Crippen molar-refractivity contribution in [3.05, 3.63) is 0 Å². The Labute approximate surface area is 107 Å². The van der Waals surface area contributed by atoms with Crippen LogP contribution >= 0.6 is 0 Å². The molecule has 0 aromatic carbocycles. The van der Waals surface area contributed by atoms with Gasteiger partial charge in [0.25, 0.3) is 0 Å². The minimum Gasteiger partial charge on any atom is -0.329 e. The third-order valence-corrected chi connectivity index (χ3v) is 5.08. The molecule has 3 unspecified atom stereocenters. The van der Waals surface area contributed by atoms with E-state index in [0.717, 1.165) is 24.3 Å². The monoisotopic (exact) mass is 238 g/mol. The molecule has 0 bridgehead atoms. The van der Waals surface area contributed by atoms with Gasteiger partial charge in [-0.1, -0.05) is 33.1 Å². The fourth-order valence-corrected chi connectivity index (χ4v) is 3.47. The smallest absolute Gasteiger partial charge is 0.0332 e. The number of hydrogen-bond donors (Lipinski definition) is 2. The lowest BCUT2D eigenvalue weighted by molar-refractivity contribution is 0.126. The van der Waals surface area contributed by atoms with Crippen molar-refractivity contribution in [1.29, 1.82) is 0 Å². The van der Waals surface area contributed by atoms with Gasteiger partial charge in [-0.2, -0.15) is 0 Å². The van der Waals surface area contributed by atoms with Crippen LogP contribution in [0.2, 0.25) is 0 Å². The zero-order valence-corrected chi connectivity index (χ0v) is 11.7. The van der Waals surface area contributed by atoms with Crippen LogP contribution in [0.1, 0.15) is 58.8 Å². The molecule has 3 atom stereocenters. The van der Waals surface area contributed by atoms with E-state index in [1.165, 1.54) is 51.5 Å². The summed E-state index contributed by atoms with van der Waals surface area (Å²) in [4.78, 5) is 0. The average Bonchev–Trinajstić information content (AvgIpc) is 3.13. The lowest BCUT2D eigenvalue weighted by Crippen LogP contribution is -2.58. The highest BCUT2D eigenvalue weighted by atomic mass is 15.0. The van der Waals surface area contributed by atoms with Gasteiger partial charge >= 0.3 is 0 Å². The molecule has 100 valence electrons. The number of hydrogen-bond acceptors (Lipinski definition) is 2. The van der Waals surface area contributed by atoms with Crippen LogP contribution in [0.15, 0.2) is 0 Å². The van der Waals surface area contributed by atoms with Gasteiger partial charge < -0.3 is 11.1 Å². The van der Waals surface area contributed by atoms with Crippen molar-refractivity contribution in [2.24, 2.45) is 23.5 Å². The summed E-state index contributed by atoms with van der Waals surface area (Å²) in [6.07, 6.45) is 9.73. The first-order valence-electron chi connectivity index (χ1n) is 7.61. The lowest BCUT2D eigenvalue weighted by atomic mass is 9.69. The van der Waals surface area contributed by atoms with E-state index < -0.39 is 0 Å². The van der Waals surface area contributed by atoms with Gasteiger partial charge in [0.1, 0.15) is 0 Å². The lowest BCUT2D eigenvalue weighted by Gasteiger charge is -2.45. The fourth-order valence-electron chi connectivity index (χ4n) is 3.47. The second kappa shape index (κ2) is 5.71. The van der Waals surface area contributed by atoms with Crippen molar-refractivity contribution in [3.8, 4) is 0 Å². The van der Waals surface area contributed by atoms with Crippen LogP contribution in [0.25, 0.3) is 0 Å². The maximum absolute atomic E-state index is 6.08. The second-order valence-corrected chi connectivity index (χ2v) is 6.66. The van der Waals surface area contributed by atoms with Gasteiger partial charge in [0, 0.05) is 12.1 Å². The van der Waals surface area contributed by atoms with Crippen LogP contribution in [-0.4, -0.2) is 18.6 Å². The van der Waals surface area contributed by atoms with Crippen LogP contribution in [0, 0.1) is 17.8 Å². The van der Waals surface area contributed by atoms with Gasteiger partial charge in [-0.3, -0.25) is 0 Å². The first-order valence-corrected chi connectivity index (χ1v) is 7.61. The molecule has 0 aromatic heterocycles. The van der Waals surface area contributed by atoms with Gasteiger partial charge in [-0.05, 0) is 50.0 Å². The average molecular weight is 238 g/mol. The number of nitrogens with two attached hydrogens (primary N) is 1. The summed E-state index contributed by atoms with van der Waals surface area (Å²) >= 11 is 0. The van der Waals surface area contributed by atoms with E-state index in [0.29, 0.717) is 0 Å². The number of rotatable bonds is 6. The van der Waals surface area contributed by atoms with Gasteiger partial charge in [0.15, 0.2) is 0 Å². The van der Waals surface area contributed by atoms with Crippen molar-refractivity contribution in [1.82, 2.24) is 5.32 Å². The van der Waals surface area contributed by atoms with Crippen molar-refractivity contribution in [2.75, 3.05) is 13.1 Å². The quantitative estimate of drug-likeness (QED) is 0.698. The molecular weight excluding hydrogens is 208 g/mol. The summed E-state index contributed by atoms with van der Waals surface area (Å²) in [6, 6.07) is 0. The van der Waals surface area contributed by atoms with Crippen LogP contribution in [0.3, 0.4) is 0 Å². The maximum Gasteiger partial charge on any atom is 0.0332 e. The van der Waals surface area contributed by atoms with E-state index in [4.69, 9.17) is 5.73 Å². The molecule has 2 aliphatic rings. The highest BCUT2D eigenvalue weighted by molar-refractivity contribution is 4.98. The fraction of sp³-hybridized carbons (Fsp3) is 1.00. The van der Waals surface area contributed by atoms with Crippen LogP contribution in [0.4, 0.5) is 0 Å². The van der Waals surface area contributed by atoms with Crippen LogP contribution in [0.5, 0.6) is 0 Å². The topological polar surface area (TPSA) is 38.0 Å². The molecule has 3 N–H and O–H groups in total. The molecule has 2 saturated carbocycles. The molecule has 0 aliphatic heterocycles. The minimum atomic E-state index is 0.237. The molecule has 0 heterocycles. The zero-order chi connectivity index (χ0) is 12.3. The summed E-state index contributed by atoms with van der Waals surface area (Å²) in [5.41, 5.74) is 6.32. The molecule has 2 heteroatoms. The highest BCUT2D eigenvalue weighted by Crippen LogP contribution is 2.37. The predicted molar refractivity (Wildman–Crippen MR) is 73.9 cm³/mol. The van der Waals surface area contributed by atoms with Crippen LogP contribution < -0.4 is 11.1 Å². The minimum absolute atomic E-state index is 0.237. The Bertz CT molecular complexity index is 237. The molecule has 17 heavy (non-hydrogen) atoms. The van der Waals surface area contributed by atoms with Gasteiger partial charge in [-0.15, -0.1) is 0 Å². The Hall–Kier alpha value is -0.0800.